The number of nitrogens with zero attached hydrogens (tertiary/aromatic N) is 1. The molecule has 1 fully saturated rings. The number of halogens is 1. The molecule has 37 heavy (non-hydrogen) atoms. The zero-order valence-electron chi connectivity index (χ0n) is 21.1. The van der Waals surface area contributed by atoms with Crippen LogP contribution in [0.2, 0.25) is 0 Å². The lowest BCUT2D eigenvalue weighted by Crippen LogP contribution is -2.16. The largest absolute Gasteiger partial charge is 0.486 e. The number of benzene rings is 2. The number of hydrogen-bond acceptors (Lipinski definition) is 5. The van der Waals surface area contributed by atoms with Crippen LogP contribution >= 0.6 is 0 Å². The van der Waals surface area contributed by atoms with Crippen LogP contribution in [0.3, 0.4) is 0 Å². The summed E-state index contributed by atoms with van der Waals surface area (Å²) >= 11 is 0. The second kappa shape index (κ2) is 11.1. The first-order chi connectivity index (χ1) is 18.0. The molecule has 1 aliphatic heterocycles. The molecule has 0 N–H and O–H groups in total. The van der Waals surface area contributed by atoms with Gasteiger partial charge in [-0.1, -0.05) is 24.1 Å². The van der Waals surface area contributed by atoms with Gasteiger partial charge in [-0.3, -0.25) is 4.79 Å². The summed E-state index contributed by atoms with van der Waals surface area (Å²) < 4.78 is 32.6. The van der Waals surface area contributed by atoms with E-state index in [1.165, 1.54) is 6.07 Å². The fourth-order valence-corrected chi connectivity index (χ4v) is 5.10. The van der Waals surface area contributed by atoms with Crippen LogP contribution in [0.25, 0.3) is 11.1 Å². The Hall–Kier alpha value is -3.69. The van der Waals surface area contributed by atoms with Gasteiger partial charge in [-0.2, -0.15) is 0 Å². The smallest absolute Gasteiger partial charge is 0.213 e. The van der Waals surface area contributed by atoms with Gasteiger partial charge in [0.25, 0.3) is 0 Å². The number of ketones is 1. The van der Waals surface area contributed by atoms with E-state index in [1.54, 1.807) is 26.1 Å². The highest BCUT2D eigenvalue weighted by Crippen LogP contribution is 2.41. The molecular weight excluding hydrogens is 469 g/mol. The lowest BCUT2D eigenvalue weighted by atomic mass is 9.94. The maximum atomic E-state index is 15.0. The van der Waals surface area contributed by atoms with Crippen LogP contribution in [0.15, 0.2) is 54.7 Å². The maximum absolute atomic E-state index is 15.0. The van der Waals surface area contributed by atoms with E-state index in [0.29, 0.717) is 31.1 Å². The number of hydrogen-bond donors (Lipinski definition) is 0. The summed E-state index contributed by atoms with van der Waals surface area (Å²) in [6, 6.07) is 14.7. The first-order valence-electron chi connectivity index (χ1n) is 12.7. The second-order valence-electron chi connectivity index (χ2n) is 9.55. The number of pyridine rings is 1. The van der Waals surface area contributed by atoms with Gasteiger partial charge in [0.1, 0.15) is 29.6 Å². The highest BCUT2D eigenvalue weighted by Gasteiger charge is 2.29. The van der Waals surface area contributed by atoms with Crippen LogP contribution in [0.1, 0.15) is 61.8 Å². The lowest BCUT2D eigenvalue weighted by Gasteiger charge is -2.17. The summed E-state index contributed by atoms with van der Waals surface area (Å²) in [6.07, 6.45) is 4.24. The van der Waals surface area contributed by atoms with Crippen molar-refractivity contribution in [1.29, 1.82) is 0 Å². The Morgan fingerprint density at radius 1 is 1.14 bits per heavy atom. The molecular formula is C31H30FNO4. The minimum Gasteiger partial charge on any atom is -0.486 e. The molecule has 0 saturated carbocycles. The summed E-state index contributed by atoms with van der Waals surface area (Å²) in [5.41, 5.74) is 4.25. The van der Waals surface area contributed by atoms with Gasteiger partial charge in [0.05, 0.1) is 19.1 Å². The third kappa shape index (κ3) is 5.68. The van der Waals surface area contributed by atoms with E-state index in [-0.39, 0.29) is 29.7 Å². The Kier molecular flexibility index (Phi) is 7.52. The molecule has 2 aromatic carbocycles. The van der Waals surface area contributed by atoms with Gasteiger partial charge >= 0.3 is 0 Å². The molecule has 0 bridgehead atoms. The van der Waals surface area contributed by atoms with E-state index in [2.05, 4.69) is 16.8 Å². The fourth-order valence-electron chi connectivity index (χ4n) is 5.10. The van der Waals surface area contributed by atoms with E-state index in [0.717, 1.165) is 47.3 Å². The summed E-state index contributed by atoms with van der Waals surface area (Å²) in [5.74, 6) is 7.02. The zero-order valence-corrected chi connectivity index (χ0v) is 21.1. The standard InChI is InChI=1S/C31H30FNO4/c1-3-4-22(17-20(2)34)21-5-8-24(9-6-21)36-29-13-11-27-26(29)10-12-28(32)31(27)23-7-14-30(33-18-23)37-25-15-16-35-19-25/h5-10,12,14,18,22,25,29H,11,13,15-17,19H2,1-2H3/t22-,25+,29+/m0/s1. The van der Waals surface area contributed by atoms with Gasteiger partial charge in [-0.05, 0) is 67.6 Å². The minimum atomic E-state index is -0.267. The second-order valence-corrected chi connectivity index (χ2v) is 9.55. The van der Waals surface area contributed by atoms with Gasteiger partial charge < -0.3 is 14.2 Å². The summed E-state index contributed by atoms with van der Waals surface area (Å²) in [6.45, 7) is 4.63. The number of ether oxygens (including phenoxy) is 3. The van der Waals surface area contributed by atoms with E-state index >= 15 is 4.39 Å². The molecule has 0 amide bonds. The third-order valence-corrected chi connectivity index (χ3v) is 6.87. The van der Waals surface area contributed by atoms with E-state index in [1.807, 2.05) is 36.4 Å². The van der Waals surface area contributed by atoms with Gasteiger partial charge in [0, 0.05) is 36.2 Å². The molecule has 0 spiro atoms. The zero-order chi connectivity index (χ0) is 25.8. The van der Waals surface area contributed by atoms with Crippen LogP contribution < -0.4 is 9.47 Å². The van der Waals surface area contributed by atoms with Gasteiger partial charge in [-0.25, -0.2) is 9.37 Å². The predicted octanol–water partition coefficient (Wildman–Crippen LogP) is 6.21. The quantitative estimate of drug-likeness (QED) is 0.345. The summed E-state index contributed by atoms with van der Waals surface area (Å²) in [5, 5.41) is 0. The molecule has 1 saturated heterocycles. The molecule has 2 aliphatic rings. The van der Waals surface area contributed by atoms with Crippen molar-refractivity contribution in [1.82, 2.24) is 4.98 Å². The van der Waals surface area contributed by atoms with Crippen molar-refractivity contribution in [2.75, 3.05) is 13.2 Å². The number of rotatable bonds is 8. The van der Waals surface area contributed by atoms with Crippen molar-refractivity contribution < 1.29 is 23.4 Å². The first-order valence-corrected chi connectivity index (χ1v) is 12.7. The molecule has 6 heteroatoms. The number of fused-ring (bicyclic) bond motifs is 1. The SMILES string of the molecule is CC#C[C@@H](CC(C)=O)c1ccc(O[C@@H]2CCc3c2ccc(F)c3-c2ccc(O[C@@H]3CCOC3)nc2)cc1. The molecule has 2 heterocycles. The normalized spacial score (nSPS) is 19.0. The van der Waals surface area contributed by atoms with Crippen molar-refractivity contribution in [3.8, 4) is 34.6 Å². The van der Waals surface area contributed by atoms with Crippen molar-refractivity contribution in [3.05, 3.63) is 77.2 Å². The van der Waals surface area contributed by atoms with E-state index in [9.17, 15) is 4.79 Å². The van der Waals surface area contributed by atoms with Gasteiger partial charge in [0.2, 0.25) is 5.88 Å². The summed E-state index contributed by atoms with van der Waals surface area (Å²) in [4.78, 5) is 16.0. The molecule has 1 aromatic heterocycles. The molecule has 3 atom stereocenters. The predicted molar refractivity (Wildman–Crippen MR) is 139 cm³/mol. The fraction of sp³-hybridized carbons (Fsp3) is 0.355. The number of carbonyl (C=O) groups excluding carboxylic acids is 1. The molecule has 0 unspecified atom stereocenters. The first kappa shape index (κ1) is 25.0. The Labute approximate surface area is 217 Å². The molecule has 5 rings (SSSR count). The number of Topliss-reactive ketones (excluding diaryl/α,β-unsaturated/α-hetero) is 1. The highest BCUT2D eigenvalue weighted by molar-refractivity contribution is 5.77. The Balaban J connectivity index is 1.32. The van der Waals surface area contributed by atoms with Crippen LogP contribution in [0, 0.1) is 17.7 Å². The lowest BCUT2D eigenvalue weighted by molar-refractivity contribution is -0.117. The van der Waals surface area contributed by atoms with Crippen molar-refractivity contribution in [2.24, 2.45) is 0 Å². The minimum absolute atomic E-state index is 0.0163. The highest BCUT2D eigenvalue weighted by atomic mass is 19.1. The van der Waals surface area contributed by atoms with Crippen LogP contribution in [-0.2, 0) is 16.0 Å². The van der Waals surface area contributed by atoms with Crippen LogP contribution in [-0.4, -0.2) is 30.1 Å². The summed E-state index contributed by atoms with van der Waals surface area (Å²) in [7, 11) is 0. The maximum Gasteiger partial charge on any atom is 0.213 e. The molecule has 1 aliphatic carbocycles. The molecule has 190 valence electrons. The Morgan fingerprint density at radius 2 is 1.97 bits per heavy atom. The van der Waals surface area contributed by atoms with Crippen LogP contribution in [0.4, 0.5) is 4.39 Å². The van der Waals surface area contributed by atoms with Crippen molar-refractivity contribution >= 4 is 5.78 Å². The third-order valence-electron chi connectivity index (χ3n) is 6.87. The number of carbonyl (C=O) groups is 1. The Bertz CT molecular complexity index is 1320. The van der Waals surface area contributed by atoms with Gasteiger partial charge in [0.15, 0.2) is 0 Å². The van der Waals surface area contributed by atoms with E-state index < -0.39 is 0 Å². The number of aromatic nitrogens is 1. The monoisotopic (exact) mass is 499 g/mol. The molecule has 0 radical (unpaired) electrons. The van der Waals surface area contributed by atoms with E-state index in [4.69, 9.17) is 14.2 Å². The Morgan fingerprint density at radius 3 is 2.65 bits per heavy atom. The van der Waals surface area contributed by atoms with Crippen LogP contribution in [0.5, 0.6) is 11.6 Å². The average molecular weight is 500 g/mol. The molecule has 5 nitrogen and oxygen atoms in total. The van der Waals surface area contributed by atoms with Crippen molar-refractivity contribution in [2.45, 2.75) is 57.7 Å². The topological polar surface area (TPSA) is 57.7 Å². The van der Waals surface area contributed by atoms with Crippen molar-refractivity contribution in [3.63, 3.8) is 0 Å². The average Bonchev–Trinajstić information content (AvgIpc) is 3.55. The van der Waals surface area contributed by atoms with Gasteiger partial charge in [-0.15, -0.1) is 5.92 Å². The molecule has 3 aromatic rings.